The van der Waals surface area contributed by atoms with Crippen molar-refractivity contribution in [2.45, 2.75) is 58.6 Å². The number of esters is 1. The summed E-state index contributed by atoms with van der Waals surface area (Å²) in [6.45, 7) is 7.43. The van der Waals surface area contributed by atoms with Crippen molar-refractivity contribution < 1.29 is 23.8 Å². The molecule has 1 N–H and O–H groups in total. The van der Waals surface area contributed by atoms with Gasteiger partial charge in [-0.25, -0.2) is 0 Å². The van der Waals surface area contributed by atoms with Crippen LogP contribution in [-0.2, 0) is 20.7 Å². The zero-order valence-electron chi connectivity index (χ0n) is 17.0. The molecule has 2 unspecified atom stereocenters. The summed E-state index contributed by atoms with van der Waals surface area (Å²) in [6.07, 6.45) is 3.61. The molecule has 0 aromatic heterocycles. The standard InChI is InChI=1S/C21H30N2O5/c1-4-26-19-11-15-10-14(3)28-18(15)12-16(19)22-20(24)13-23-9-7-6-8-17(23)21(25)27-5-2/h11-12,14,17H,4-10,13H2,1-3H3,(H,22,24). The maximum atomic E-state index is 12.7. The second kappa shape index (κ2) is 9.28. The number of carbonyl (C=O) groups excluding carboxylic acids is 2. The Balaban J connectivity index is 1.70. The van der Waals surface area contributed by atoms with Crippen molar-refractivity contribution in [2.75, 3.05) is 31.6 Å². The molecule has 2 aliphatic rings. The molecular weight excluding hydrogens is 360 g/mol. The van der Waals surface area contributed by atoms with Gasteiger partial charge in [-0.15, -0.1) is 0 Å². The van der Waals surface area contributed by atoms with Gasteiger partial charge in [0.25, 0.3) is 0 Å². The molecule has 2 aliphatic heterocycles. The highest BCUT2D eigenvalue weighted by molar-refractivity contribution is 5.94. The largest absolute Gasteiger partial charge is 0.492 e. The molecule has 1 aromatic carbocycles. The number of anilines is 1. The number of hydrogen-bond donors (Lipinski definition) is 1. The topological polar surface area (TPSA) is 77.1 Å². The van der Waals surface area contributed by atoms with Gasteiger partial charge in [0, 0.05) is 18.1 Å². The molecule has 2 heterocycles. The molecule has 3 rings (SSSR count). The normalized spacial score (nSPS) is 21.5. The van der Waals surface area contributed by atoms with Crippen molar-refractivity contribution in [1.82, 2.24) is 4.90 Å². The van der Waals surface area contributed by atoms with Gasteiger partial charge in [-0.2, -0.15) is 0 Å². The summed E-state index contributed by atoms with van der Waals surface area (Å²) in [5, 5.41) is 2.94. The van der Waals surface area contributed by atoms with Crippen molar-refractivity contribution in [2.24, 2.45) is 0 Å². The van der Waals surface area contributed by atoms with E-state index in [-0.39, 0.29) is 30.6 Å². The first-order valence-corrected chi connectivity index (χ1v) is 10.2. The quantitative estimate of drug-likeness (QED) is 0.722. The van der Waals surface area contributed by atoms with Gasteiger partial charge in [0.1, 0.15) is 23.6 Å². The highest BCUT2D eigenvalue weighted by atomic mass is 16.5. The summed E-state index contributed by atoms with van der Waals surface area (Å²) in [7, 11) is 0. The van der Waals surface area contributed by atoms with Gasteiger partial charge >= 0.3 is 5.97 Å². The van der Waals surface area contributed by atoms with E-state index in [1.165, 1.54) is 0 Å². The van der Waals surface area contributed by atoms with Crippen LogP contribution in [0.15, 0.2) is 12.1 Å². The number of hydrogen-bond acceptors (Lipinski definition) is 6. The van der Waals surface area contributed by atoms with E-state index >= 15 is 0 Å². The van der Waals surface area contributed by atoms with Gasteiger partial charge in [0.2, 0.25) is 5.91 Å². The van der Waals surface area contributed by atoms with Crippen LogP contribution in [-0.4, -0.2) is 55.2 Å². The highest BCUT2D eigenvalue weighted by Gasteiger charge is 2.31. The summed E-state index contributed by atoms with van der Waals surface area (Å²) >= 11 is 0. The summed E-state index contributed by atoms with van der Waals surface area (Å²) < 4.78 is 16.7. The van der Waals surface area contributed by atoms with Gasteiger partial charge in [0.05, 0.1) is 25.4 Å². The molecule has 1 amide bonds. The lowest BCUT2D eigenvalue weighted by atomic mass is 10.0. The van der Waals surface area contributed by atoms with E-state index in [1.54, 1.807) is 6.92 Å². The Morgan fingerprint density at radius 1 is 1.25 bits per heavy atom. The van der Waals surface area contributed by atoms with E-state index in [4.69, 9.17) is 14.2 Å². The number of fused-ring (bicyclic) bond motifs is 1. The zero-order valence-corrected chi connectivity index (χ0v) is 17.0. The summed E-state index contributed by atoms with van der Waals surface area (Å²) in [6, 6.07) is 3.43. The Bertz CT molecular complexity index is 721. The fraction of sp³-hybridized carbons (Fsp3) is 0.619. The molecule has 2 atom stereocenters. The first-order chi connectivity index (χ1) is 13.5. The Morgan fingerprint density at radius 3 is 2.82 bits per heavy atom. The Labute approximate surface area is 166 Å². The van der Waals surface area contributed by atoms with Gasteiger partial charge in [-0.05, 0) is 46.2 Å². The SMILES string of the molecule is CCOC(=O)C1CCCCN1CC(=O)Nc1cc2c(cc1OCC)CC(C)O2. The molecule has 154 valence electrons. The van der Waals surface area contributed by atoms with Crippen molar-refractivity contribution in [3.05, 3.63) is 17.7 Å². The number of amides is 1. The Morgan fingerprint density at radius 2 is 2.07 bits per heavy atom. The average Bonchev–Trinajstić information content (AvgIpc) is 3.01. The number of piperidine rings is 1. The summed E-state index contributed by atoms with van der Waals surface area (Å²) in [5.74, 6) is 1.01. The smallest absolute Gasteiger partial charge is 0.323 e. The lowest BCUT2D eigenvalue weighted by molar-refractivity contribution is -0.151. The molecule has 0 saturated carbocycles. The number of ether oxygens (including phenoxy) is 3. The van der Waals surface area contributed by atoms with Gasteiger partial charge in [-0.1, -0.05) is 6.42 Å². The molecule has 28 heavy (non-hydrogen) atoms. The van der Waals surface area contributed by atoms with Crippen LogP contribution in [0, 0.1) is 0 Å². The van der Waals surface area contributed by atoms with Crippen LogP contribution in [0.2, 0.25) is 0 Å². The van der Waals surface area contributed by atoms with Crippen LogP contribution in [0.1, 0.15) is 45.6 Å². The van der Waals surface area contributed by atoms with E-state index in [9.17, 15) is 9.59 Å². The first kappa shape index (κ1) is 20.5. The van der Waals surface area contributed by atoms with E-state index in [0.717, 1.165) is 37.0 Å². The van der Waals surface area contributed by atoms with Gasteiger partial charge < -0.3 is 19.5 Å². The van der Waals surface area contributed by atoms with Crippen LogP contribution in [0.5, 0.6) is 11.5 Å². The molecule has 0 bridgehead atoms. The molecule has 1 fully saturated rings. The molecule has 7 nitrogen and oxygen atoms in total. The number of nitrogens with zero attached hydrogens (tertiary/aromatic N) is 1. The first-order valence-electron chi connectivity index (χ1n) is 10.2. The Kier molecular flexibility index (Phi) is 6.78. The van der Waals surface area contributed by atoms with Crippen LogP contribution >= 0.6 is 0 Å². The second-order valence-electron chi connectivity index (χ2n) is 7.30. The van der Waals surface area contributed by atoms with E-state index in [1.807, 2.05) is 30.9 Å². The second-order valence-corrected chi connectivity index (χ2v) is 7.30. The monoisotopic (exact) mass is 390 g/mol. The number of rotatable bonds is 7. The molecule has 0 radical (unpaired) electrons. The molecule has 7 heteroatoms. The van der Waals surface area contributed by atoms with Crippen LogP contribution in [0.3, 0.4) is 0 Å². The predicted molar refractivity (Wildman–Crippen MR) is 106 cm³/mol. The summed E-state index contributed by atoms with van der Waals surface area (Å²) in [4.78, 5) is 26.8. The van der Waals surface area contributed by atoms with E-state index in [2.05, 4.69) is 5.32 Å². The minimum absolute atomic E-state index is 0.120. The molecule has 1 aromatic rings. The average molecular weight is 390 g/mol. The third kappa shape index (κ3) is 4.76. The predicted octanol–water partition coefficient (Wildman–Crippen LogP) is 2.76. The maximum Gasteiger partial charge on any atom is 0.323 e. The fourth-order valence-electron chi connectivity index (χ4n) is 3.87. The molecule has 0 spiro atoms. The van der Waals surface area contributed by atoms with Crippen LogP contribution < -0.4 is 14.8 Å². The minimum Gasteiger partial charge on any atom is -0.492 e. The third-order valence-corrected chi connectivity index (χ3v) is 5.09. The minimum atomic E-state index is -0.352. The highest BCUT2D eigenvalue weighted by Crippen LogP contribution is 2.38. The maximum absolute atomic E-state index is 12.7. The molecular formula is C21H30N2O5. The lowest BCUT2D eigenvalue weighted by Crippen LogP contribution is -2.48. The zero-order chi connectivity index (χ0) is 20.1. The Hall–Kier alpha value is -2.28. The summed E-state index contributed by atoms with van der Waals surface area (Å²) in [5.41, 5.74) is 1.69. The third-order valence-electron chi connectivity index (χ3n) is 5.09. The van der Waals surface area contributed by atoms with Crippen molar-refractivity contribution in [3.63, 3.8) is 0 Å². The fourth-order valence-corrected chi connectivity index (χ4v) is 3.87. The number of benzene rings is 1. The lowest BCUT2D eigenvalue weighted by Gasteiger charge is -2.33. The number of carbonyl (C=O) groups is 2. The van der Waals surface area contributed by atoms with E-state index in [0.29, 0.717) is 31.2 Å². The van der Waals surface area contributed by atoms with E-state index < -0.39 is 0 Å². The number of nitrogens with one attached hydrogen (secondary N) is 1. The van der Waals surface area contributed by atoms with Crippen molar-refractivity contribution in [1.29, 1.82) is 0 Å². The van der Waals surface area contributed by atoms with Crippen molar-refractivity contribution >= 4 is 17.6 Å². The molecule has 1 saturated heterocycles. The number of likely N-dealkylation sites (tertiary alicyclic amines) is 1. The van der Waals surface area contributed by atoms with Gasteiger partial charge in [-0.3, -0.25) is 14.5 Å². The molecule has 0 aliphatic carbocycles. The van der Waals surface area contributed by atoms with Gasteiger partial charge in [0.15, 0.2) is 0 Å². The van der Waals surface area contributed by atoms with Crippen LogP contribution in [0.4, 0.5) is 5.69 Å². The van der Waals surface area contributed by atoms with Crippen molar-refractivity contribution in [3.8, 4) is 11.5 Å². The van der Waals surface area contributed by atoms with Crippen LogP contribution in [0.25, 0.3) is 0 Å².